The molecule has 2 aliphatic rings. The molecule has 0 fully saturated rings. The minimum atomic E-state index is -2.99. The Balaban J connectivity index is 1.14. The first-order chi connectivity index (χ1) is 27.8. The van der Waals surface area contributed by atoms with E-state index in [0.29, 0.717) is 0 Å². The molecule has 0 saturated carbocycles. The lowest BCUT2D eigenvalue weighted by Crippen LogP contribution is -2.72. The molecule has 4 heteroatoms. The van der Waals surface area contributed by atoms with E-state index in [1.807, 2.05) is 24.3 Å². The molecule has 3 nitrogen and oxygen atoms in total. The molecule has 12 rings (SSSR count). The van der Waals surface area contributed by atoms with E-state index in [1.165, 1.54) is 58.6 Å². The van der Waals surface area contributed by atoms with Crippen LogP contribution >= 0.6 is 0 Å². The van der Waals surface area contributed by atoms with E-state index in [9.17, 15) is 0 Å². The molecule has 1 atom stereocenters. The molecule has 2 aliphatic heterocycles. The molecule has 0 bridgehead atoms. The third kappa shape index (κ3) is 4.39. The Morgan fingerprint density at radius 3 is 1.59 bits per heavy atom. The largest absolute Gasteiger partial charge is 0.449 e. The van der Waals surface area contributed by atoms with Crippen molar-refractivity contribution in [3.63, 3.8) is 0 Å². The van der Waals surface area contributed by atoms with Crippen LogP contribution in [-0.2, 0) is 0 Å². The maximum Gasteiger partial charge on any atom is 0.181 e. The Morgan fingerprint density at radius 1 is 0.357 bits per heavy atom. The maximum absolute atomic E-state index is 6.84. The van der Waals surface area contributed by atoms with Gasteiger partial charge in [0.05, 0.1) is 0 Å². The Bertz CT molecular complexity index is 3040. The second-order valence-electron chi connectivity index (χ2n) is 14.8. The van der Waals surface area contributed by atoms with Gasteiger partial charge in [0.2, 0.25) is 0 Å². The van der Waals surface area contributed by atoms with E-state index in [1.54, 1.807) is 0 Å². The predicted molar refractivity (Wildman–Crippen MR) is 234 cm³/mol. The van der Waals surface area contributed by atoms with Gasteiger partial charge in [-0.2, -0.15) is 0 Å². The quantitative estimate of drug-likeness (QED) is 0.130. The maximum atomic E-state index is 6.84. The van der Waals surface area contributed by atoms with Gasteiger partial charge in [0.15, 0.2) is 31.1 Å². The minimum Gasteiger partial charge on any atom is -0.449 e. The summed E-state index contributed by atoms with van der Waals surface area (Å²) in [5.74, 6) is 3.00. The molecule has 0 N–H and O–H groups in total. The van der Waals surface area contributed by atoms with Gasteiger partial charge in [-0.25, -0.2) is 0 Å². The number of hydrogen-bond donors (Lipinski definition) is 0. The van der Waals surface area contributed by atoms with Crippen molar-refractivity contribution in [1.82, 2.24) is 0 Å². The summed E-state index contributed by atoms with van der Waals surface area (Å²) >= 11 is 0. The van der Waals surface area contributed by atoms with Crippen molar-refractivity contribution < 1.29 is 9.47 Å². The van der Waals surface area contributed by atoms with Crippen LogP contribution in [0.4, 0.5) is 17.1 Å². The molecule has 0 amide bonds. The van der Waals surface area contributed by atoms with E-state index in [2.05, 4.69) is 181 Å². The zero-order chi connectivity index (χ0) is 36.8. The molecule has 0 spiro atoms. The fourth-order valence-corrected chi connectivity index (χ4v) is 14.8. The van der Waals surface area contributed by atoms with Crippen LogP contribution in [0.1, 0.15) is 0 Å². The number of benzene rings is 10. The van der Waals surface area contributed by atoms with Gasteiger partial charge in [-0.3, -0.25) is 0 Å². The Morgan fingerprint density at radius 2 is 0.911 bits per heavy atom. The van der Waals surface area contributed by atoms with Gasteiger partial charge in [0.25, 0.3) is 0 Å². The average Bonchev–Trinajstić information content (AvgIpc) is 3.57. The fraction of sp³-hybridized carbons (Fsp3) is 0. The lowest BCUT2D eigenvalue weighted by molar-refractivity contribution is 0.361. The Hall–Kier alpha value is -7.14. The van der Waals surface area contributed by atoms with Gasteiger partial charge in [0, 0.05) is 22.6 Å². The zero-order valence-corrected chi connectivity index (χ0v) is 31.3. The Labute approximate surface area is 325 Å². The van der Waals surface area contributed by atoms with E-state index in [0.717, 1.165) is 45.6 Å². The van der Waals surface area contributed by atoms with Crippen molar-refractivity contribution in [2.75, 3.05) is 4.90 Å². The van der Waals surface area contributed by atoms with Crippen LogP contribution in [0.3, 0.4) is 0 Å². The summed E-state index contributed by atoms with van der Waals surface area (Å²) < 4.78 is 13.4. The average molecular weight is 732 g/mol. The SMILES string of the molecule is c1ccc(N(c2ccccc2)c2ccc([Si]3(c4cc5ccc6cccc7ccc(c4)c5c67)c4ccccc4-c4c3ccc3c4Oc4ccccc4O3)cc2)cc1. The zero-order valence-electron chi connectivity index (χ0n) is 30.3. The third-order valence-electron chi connectivity index (χ3n) is 11.9. The van der Waals surface area contributed by atoms with Crippen LogP contribution in [0.25, 0.3) is 43.4 Å². The topological polar surface area (TPSA) is 21.7 Å². The summed E-state index contributed by atoms with van der Waals surface area (Å²) in [5, 5.41) is 13.1. The summed E-state index contributed by atoms with van der Waals surface area (Å²) in [7, 11) is -2.99. The van der Waals surface area contributed by atoms with Crippen LogP contribution in [0.2, 0.25) is 0 Å². The number of ether oxygens (including phenoxy) is 2. The van der Waals surface area contributed by atoms with Crippen molar-refractivity contribution in [2.45, 2.75) is 0 Å². The van der Waals surface area contributed by atoms with Crippen LogP contribution < -0.4 is 35.1 Å². The molecule has 0 aliphatic carbocycles. The first kappa shape index (κ1) is 31.2. The van der Waals surface area contributed by atoms with E-state index in [4.69, 9.17) is 9.47 Å². The smallest absolute Gasteiger partial charge is 0.181 e. The van der Waals surface area contributed by atoms with E-state index in [-0.39, 0.29) is 0 Å². The lowest BCUT2D eigenvalue weighted by Gasteiger charge is -2.33. The summed E-state index contributed by atoms with van der Waals surface area (Å²) in [6.07, 6.45) is 0. The highest BCUT2D eigenvalue weighted by Gasteiger charge is 2.51. The normalized spacial score (nSPS) is 15.1. The second-order valence-corrected chi connectivity index (χ2v) is 18.6. The van der Waals surface area contributed by atoms with Crippen LogP contribution in [0.15, 0.2) is 200 Å². The van der Waals surface area contributed by atoms with Crippen LogP contribution in [0, 0.1) is 0 Å². The highest BCUT2D eigenvalue weighted by Crippen LogP contribution is 2.51. The van der Waals surface area contributed by atoms with Gasteiger partial charge in [-0.1, -0.05) is 146 Å². The monoisotopic (exact) mass is 731 g/mol. The molecule has 10 aromatic carbocycles. The summed E-state index contributed by atoms with van der Waals surface area (Å²) in [5.41, 5.74) is 5.68. The molecule has 0 saturated heterocycles. The number of fused-ring (bicyclic) bond motifs is 6. The van der Waals surface area contributed by atoms with Crippen molar-refractivity contribution in [3.8, 4) is 34.1 Å². The Kier molecular flexibility index (Phi) is 6.65. The second kappa shape index (κ2) is 11.9. The number of anilines is 3. The fourth-order valence-electron chi connectivity index (χ4n) is 9.57. The van der Waals surface area contributed by atoms with Crippen LogP contribution in [-0.4, -0.2) is 8.07 Å². The van der Waals surface area contributed by atoms with E-state index >= 15 is 0 Å². The standard InChI is InChI=1S/C52H33NO2Si/c1-3-14-38(15-4-1)53(39-16-5-2-6-17-39)40-26-28-41(29-27-40)56(42-32-36-24-22-34-12-11-13-35-23-25-37(33-42)50(36)49(34)35)47-21-10-7-18-43(47)51-48(56)31-30-46-52(51)55-45-20-9-8-19-44(45)54-46/h1-33H. The van der Waals surface area contributed by atoms with E-state index < -0.39 is 8.07 Å². The molecule has 1 unspecified atom stereocenters. The number of hydrogen-bond acceptors (Lipinski definition) is 3. The number of rotatable bonds is 5. The summed E-state index contributed by atoms with van der Waals surface area (Å²) in [6.45, 7) is 0. The molecule has 10 aromatic rings. The highest BCUT2D eigenvalue weighted by molar-refractivity contribution is 7.22. The minimum absolute atomic E-state index is 0.735. The molecule has 2 heterocycles. The molecular formula is C52H33NO2Si. The molecular weight excluding hydrogens is 699 g/mol. The first-order valence-electron chi connectivity index (χ1n) is 19.2. The van der Waals surface area contributed by atoms with Crippen LogP contribution in [0.5, 0.6) is 23.0 Å². The highest BCUT2D eigenvalue weighted by atomic mass is 28.3. The van der Waals surface area contributed by atoms with Crippen molar-refractivity contribution in [2.24, 2.45) is 0 Å². The molecule has 0 aromatic heterocycles. The number of nitrogens with zero attached hydrogens (tertiary/aromatic N) is 1. The summed E-state index contributed by atoms with van der Waals surface area (Å²) in [6, 6.07) is 72.9. The van der Waals surface area contributed by atoms with Gasteiger partial charge in [-0.05, 0) is 113 Å². The number of para-hydroxylation sites is 4. The third-order valence-corrected chi connectivity index (χ3v) is 16.7. The van der Waals surface area contributed by atoms with Gasteiger partial charge < -0.3 is 14.4 Å². The molecule has 262 valence electrons. The van der Waals surface area contributed by atoms with Crippen molar-refractivity contribution in [3.05, 3.63) is 200 Å². The van der Waals surface area contributed by atoms with Gasteiger partial charge in [0.1, 0.15) is 0 Å². The lowest BCUT2D eigenvalue weighted by atomic mass is 9.94. The first-order valence-corrected chi connectivity index (χ1v) is 21.2. The molecule has 0 radical (unpaired) electrons. The van der Waals surface area contributed by atoms with Crippen molar-refractivity contribution >= 4 is 78.2 Å². The predicted octanol–water partition coefficient (Wildman–Crippen LogP) is 11.3. The summed E-state index contributed by atoms with van der Waals surface area (Å²) in [4.78, 5) is 2.33. The molecule has 56 heavy (non-hydrogen) atoms. The van der Waals surface area contributed by atoms with Gasteiger partial charge in [-0.15, -0.1) is 0 Å². The van der Waals surface area contributed by atoms with Crippen molar-refractivity contribution in [1.29, 1.82) is 0 Å². The van der Waals surface area contributed by atoms with Gasteiger partial charge >= 0.3 is 0 Å².